The van der Waals surface area contributed by atoms with E-state index in [0.29, 0.717) is 10.7 Å². The van der Waals surface area contributed by atoms with E-state index in [1.807, 2.05) is 18.2 Å². The highest BCUT2D eigenvalue weighted by Gasteiger charge is 2.34. The summed E-state index contributed by atoms with van der Waals surface area (Å²) in [6.07, 6.45) is 1.68. The molecule has 0 aliphatic carbocycles. The number of methoxy groups -OCH3 is 1. The van der Waals surface area contributed by atoms with Crippen molar-refractivity contribution in [2.24, 2.45) is 0 Å². The van der Waals surface area contributed by atoms with Crippen LogP contribution in [0.25, 0.3) is 6.08 Å². The third-order valence-electron chi connectivity index (χ3n) is 3.69. The van der Waals surface area contributed by atoms with Crippen molar-refractivity contribution < 1.29 is 24.5 Å². The van der Waals surface area contributed by atoms with Gasteiger partial charge in [-0.3, -0.25) is 9.69 Å². The third kappa shape index (κ3) is 3.29. The molecule has 26 heavy (non-hydrogen) atoms. The number of aromatic hydroxyl groups is 1. The summed E-state index contributed by atoms with van der Waals surface area (Å²) in [5.41, 5.74) is 0.712. The van der Waals surface area contributed by atoms with E-state index >= 15 is 0 Å². The molecule has 1 saturated heterocycles. The van der Waals surface area contributed by atoms with Gasteiger partial charge in [-0.15, -0.1) is 0 Å². The number of phenols is 1. The third-order valence-corrected chi connectivity index (χ3v) is 4.99. The first kappa shape index (κ1) is 18.0. The van der Waals surface area contributed by atoms with Crippen molar-refractivity contribution in [1.82, 2.24) is 0 Å². The molecule has 1 aliphatic rings. The maximum Gasteiger partial charge on any atom is 0.339 e. The Morgan fingerprint density at radius 1 is 1.27 bits per heavy atom. The van der Waals surface area contributed by atoms with Gasteiger partial charge in [0.15, 0.2) is 4.32 Å². The molecule has 1 aliphatic heterocycles. The topological polar surface area (TPSA) is 87.1 Å². The summed E-state index contributed by atoms with van der Waals surface area (Å²) < 4.78 is 5.56. The van der Waals surface area contributed by atoms with Crippen LogP contribution in [0.5, 0.6) is 11.5 Å². The van der Waals surface area contributed by atoms with Gasteiger partial charge in [0.25, 0.3) is 5.91 Å². The van der Waals surface area contributed by atoms with Crippen LogP contribution < -0.4 is 9.64 Å². The number of thiocarbonyl (C=S) groups is 1. The molecule has 0 bridgehead atoms. The van der Waals surface area contributed by atoms with Gasteiger partial charge in [-0.1, -0.05) is 42.2 Å². The molecule has 1 heterocycles. The lowest BCUT2D eigenvalue weighted by atomic mass is 10.1. The van der Waals surface area contributed by atoms with Gasteiger partial charge < -0.3 is 14.9 Å². The quantitative estimate of drug-likeness (QED) is 0.613. The first-order chi connectivity index (χ1) is 12.4. The van der Waals surface area contributed by atoms with Crippen molar-refractivity contribution in [1.29, 1.82) is 0 Å². The fourth-order valence-electron chi connectivity index (χ4n) is 2.45. The first-order valence-electron chi connectivity index (χ1n) is 7.39. The van der Waals surface area contributed by atoms with Gasteiger partial charge in [0.2, 0.25) is 0 Å². The lowest BCUT2D eigenvalue weighted by Crippen LogP contribution is -2.27. The molecule has 132 valence electrons. The summed E-state index contributed by atoms with van der Waals surface area (Å²) in [6, 6.07) is 11.1. The standard InChI is InChI=1S/C18H13NO5S2/c1-24-14-5-3-2-4-10(14)8-15-16(21)19(18(25)26-15)11-6-7-13(20)12(9-11)17(22)23/h2-9,20H,1H3,(H,22,23). The zero-order chi connectivity index (χ0) is 18.8. The van der Waals surface area contributed by atoms with Crippen LogP contribution in [0.3, 0.4) is 0 Å². The fourth-order valence-corrected chi connectivity index (χ4v) is 3.74. The predicted molar refractivity (Wildman–Crippen MR) is 104 cm³/mol. The van der Waals surface area contributed by atoms with Crippen molar-refractivity contribution in [3.63, 3.8) is 0 Å². The van der Waals surface area contributed by atoms with Crippen LogP contribution in [0.2, 0.25) is 0 Å². The molecule has 0 aromatic heterocycles. The molecule has 0 atom stereocenters. The summed E-state index contributed by atoms with van der Waals surface area (Å²) >= 11 is 6.39. The number of anilines is 1. The van der Waals surface area contributed by atoms with Gasteiger partial charge in [-0.05, 0) is 30.3 Å². The van der Waals surface area contributed by atoms with Gasteiger partial charge in [0, 0.05) is 5.56 Å². The van der Waals surface area contributed by atoms with Gasteiger partial charge >= 0.3 is 5.97 Å². The van der Waals surface area contributed by atoms with Crippen molar-refractivity contribution in [2.75, 3.05) is 12.0 Å². The van der Waals surface area contributed by atoms with E-state index in [4.69, 9.17) is 22.1 Å². The van der Waals surface area contributed by atoms with Crippen LogP contribution in [0.15, 0.2) is 47.4 Å². The maximum atomic E-state index is 12.8. The maximum absolute atomic E-state index is 12.8. The molecule has 1 fully saturated rings. The molecule has 2 aromatic rings. The molecule has 0 spiro atoms. The Hall–Kier alpha value is -2.84. The number of carboxylic acids is 1. The Kier molecular flexibility index (Phi) is 4.97. The Balaban J connectivity index is 1.99. The highest BCUT2D eigenvalue weighted by molar-refractivity contribution is 8.27. The van der Waals surface area contributed by atoms with Gasteiger partial charge in [-0.2, -0.15) is 0 Å². The number of nitrogens with zero attached hydrogens (tertiary/aromatic N) is 1. The van der Waals surface area contributed by atoms with Gasteiger partial charge in [0.05, 0.1) is 17.7 Å². The number of hydrogen-bond donors (Lipinski definition) is 2. The average Bonchev–Trinajstić information content (AvgIpc) is 2.89. The van der Waals surface area contributed by atoms with E-state index in [0.717, 1.165) is 17.3 Å². The largest absolute Gasteiger partial charge is 0.507 e. The molecule has 2 N–H and O–H groups in total. The van der Waals surface area contributed by atoms with Crippen LogP contribution in [-0.4, -0.2) is 33.5 Å². The number of aromatic carboxylic acids is 1. The van der Waals surface area contributed by atoms with Crippen LogP contribution in [-0.2, 0) is 4.79 Å². The minimum Gasteiger partial charge on any atom is -0.507 e. The molecule has 8 heteroatoms. The number of carbonyl (C=O) groups excluding carboxylic acids is 1. The summed E-state index contributed by atoms with van der Waals surface area (Å²) in [7, 11) is 1.54. The highest BCUT2D eigenvalue weighted by atomic mass is 32.2. The zero-order valence-electron chi connectivity index (χ0n) is 13.5. The molecular weight excluding hydrogens is 374 g/mol. The van der Waals surface area contributed by atoms with E-state index in [1.54, 1.807) is 19.3 Å². The van der Waals surface area contributed by atoms with Gasteiger partial charge in [0.1, 0.15) is 17.1 Å². The smallest absolute Gasteiger partial charge is 0.339 e. The van der Waals surface area contributed by atoms with Crippen LogP contribution in [0.1, 0.15) is 15.9 Å². The lowest BCUT2D eigenvalue weighted by Gasteiger charge is -2.15. The molecule has 1 amide bonds. The summed E-state index contributed by atoms with van der Waals surface area (Å²) in [6.45, 7) is 0. The minimum absolute atomic E-state index is 0.276. The number of carbonyl (C=O) groups is 2. The second-order valence-corrected chi connectivity index (χ2v) is 6.94. The molecule has 0 radical (unpaired) electrons. The number of ether oxygens (including phenoxy) is 1. The van der Waals surface area contributed by atoms with Crippen molar-refractivity contribution in [3.8, 4) is 11.5 Å². The van der Waals surface area contributed by atoms with Crippen molar-refractivity contribution in [2.45, 2.75) is 0 Å². The molecule has 2 aromatic carbocycles. The fraction of sp³-hybridized carbons (Fsp3) is 0.0556. The summed E-state index contributed by atoms with van der Waals surface area (Å²) in [4.78, 5) is 25.6. The Morgan fingerprint density at radius 2 is 2.00 bits per heavy atom. The normalized spacial score (nSPS) is 15.6. The highest BCUT2D eigenvalue weighted by Crippen LogP contribution is 2.38. The Morgan fingerprint density at radius 3 is 2.69 bits per heavy atom. The molecule has 6 nitrogen and oxygen atoms in total. The number of benzene rings is 2. The lowest BCUT2D eigenvalue weighted by molar-refractivity contribution is -0.113. The number of amides is 1. The second kappa shape index (κ2) is 7.19. The SMILES string of the molecule is COc1ccccc1C=C1SC(=S)N(c2ccc(O)c(C(=O)O)c2)C1=O. The van der Waals surface area contributed by atoms with E-state index in [2.05, 4.69) is 0 Å². The van der Waals surface area contributed by atoms with E-state index in [-0.39, 0.29) is 27.2 Å². The number of rotatable bonds is 4. The number of para-hydroxylation sites is 1. The first-order valence-corrected chi connectivity index (χ1v) is 8.62. The van der Waals surface area contributed by atoms with Crippen molar-refractivity contribution >= 4 is 51.9 Å². The number of carboxylic acid groups (broad SMARTS) is 1. The number of hydrogen-bond acceptors (Lipinski definition) is 6. The minimum atomic E-state index is -1.29. The summed E-state index contributed by atoms with van der Waals surface area (Å²) in [5, 5.41) is 18.8. The van der Waals surface area contributed by atoms with Gasteiger partial charge in [-0.25, -0.2) is 4.79 Å². The average molecular weight is 387 g/mol. The van der Waals surface area contributed by atoms with E-state index < -0.39 is 5.97 Å². The molecule has 0 saturated carbocycles. The predicted octanol–water partition coefficient (Wildman–Crippen LogP) is 3.50. The van der Waals surface area contributed by atoms with Crippen LogP contribution >= 0.6 is 24.0 Å². The number of thioether (sulfide) groups is 1. The zero-order valence-corrected chi connectivity index (χ0v) is 15.1. The monoisotopic (exact) mass is 387 g/mol. The van der Waals surface area contributed by atoms with Crippen LogP contribution in [0.4, 0.5) is 5.69 Å². The summed E-state index contributed by atoms with van der Waals surface area (Å²) in [5.74, 6) is -1.42. The Labute approximate surface area is 158 Å². The molecule has 0 unspecified atom stereocenters. The Bertz CT molecular complexity index is 954. The van der Waals surface area contributed by atoms with Crippen molar-refractivity contribution in [3.05, 3.63) is 58.5 Å². The van der Waals surface area contributed by atoms with E-state index in [9.17, 15) is 14.7 Å². The van der Waals surface area contributed by atoms with E-state index in [1.165, 1.54) is 23.1 Å². The van der Waals surface area contributed by atoms with Crippen LogP contribution in [0, 0.1) is 0 Å². The molecule has 3 rings (SSSR count). The second-order valence-electron chi connectivity index (χ2n) is 5.27. The molecular formula is C18H13NO5S2.